The Bertz CT molecular complexity index is 319. The Morgan fingerprint density at radius 3 is 2.63 bits per heavy atom. The maximum Gasteiger partial charge on any atom is 0.408 e. The molecule has 2 atom stereocenters. The van der Waals surface area contributed by atoms with Gasteiger partial charge in [-0.15, -0.1) is 0 Å². The Balaban J connectivity index is 2.48. The molecule has 6 heteroatoms. The first-order valence-electron chi connectivity index (χ1n) is 6.71. The molecular formula is C13H24N2O4. The fourth-order valence-electron chi connectivity index (χ4n) is 2.13. The molecule has 1 aliphatic rings. The number of carboxylic acids is 1. The van der Waals surface area contributed by atoms with Crippen LogP contribution in [-0.2, 0) is 9.53 Å². The van der Waals surface area contributed by atoms with Gasteiger partial charge in [0.25, 0.3) is 0 Å². The number of hydrogen-bond acceptors (Lipinski definition) is 4. The molecule has 1 saturated heterocycles. The van der Waals surface area contributed by atoms with Gasteiger partial charge in [-0.2, -0.15) is 0 Å². The molecule has 0 aromatic rings. The molecule has 110 valence electrons. The van der Waals surface area contributed by atoms with Crippen molar-refractivity contribution in [2.24, 2.45) is 5.92 Å². The number of aliphatic carboxylic acids is 1. The number of nitrogens with one attached hydrogen (secondary N) is 2. The molecule has 19 heavy (non-hydrogen) atoms. The van der Waals surface area contributed by atoms with E-state index in [0.717, 1.165) is 25.9 Å². The van der Waals surface area contributed by atoms with Crippen molar-refractivity contribution >= 4 is 12.1 Å². The number of amides is 1. The molecular weight excluding hydrogens is 248 g/mol. The highest BCUT2D eigenvalue weighted by Crippen LogP contribution is 2.16. The Morgan fingerprint density at radius 2 is 2.16 bits per heavy atom. The van der Waals surface area contributed by atoms with Gasteiger partial charge in [-0.1, -0.05) is 0 Å². The van der Waals surface area contributed by atoms with E-state index in [0.29, 0.717) is 6.42 Å². The highest BCUT2D eigenvalue weighted by molar-refractivity contribution is 5.80. The predicted octanol–water partition coefficient (Wildman–Crippen LogP) is 1.35. The van der Waals surface area contributed by atoms with Crippen LogP contribution in [0.1, 0.15) is 40.0 Å². The lowest BCUT2D eigenvalue weighted by molar-refractivity contribution is -0.140. The van der Waals surface area contributed by atoms with Crippen LogP contribution >= 0.6 is 0 Å². The van der Waals surface area contributed by atoms with Crippen molar-refractivity contribution in [2.45, 2.75) is 51.7 Å². The maximum atomic E-state index is 11.6. The van der Waals surface area contributed by atoms with Crippen molar-refractivity contribution in [3.8, 4) is 0 Å². The van der Waals surface area contributed by atoms with Gasteiger partial charge in [0.1, 0.15) is 11.6 Å². The minimum Gasteiger partial charge on any atom is -0.480 e. The third-order valence-corrected chi connectivity index (χ3v) is 2.96. The van der Waals surface area contributed by atoms with Crippen molar-refractivity contribution in [3.05, 3.63) is 0 Å². The van der Waals surface area contributed by atoms with Gasteiger partial charge in [0.2, 0.25) is 0 Å². The summed E-state index contributed by atoms with van der Waals surface area (Å²) >= 11 is 0. The summed E-state index contributed by atoms with van der Waals surface area (Å²) in [5, 5.41) is 14.8. The van der Waals surface area contributed by atoms with E-state index in [-0.39, 0.29) is 5.92 Å². The van der Waals surface area contributed by atoms with Crippen LogP contribution in [0.25, 0.3) is 0 Å². The molecule has 3 N–H and O–H groups in total. The van der Waals surface area contributed by atoms with Gasteiger partial charge in [-0.3, -0.25) is 0 Å². The Hall–Kier alpha value is -1.30. The molecule has 1 heterocycles. The molecule has 1 fully saturated rings. The summed E-state index contributed by atoms with van der Waals surface area (Å²) in [6.45, 7) is 7.02. The number of ether oxygens (including phenoxy) is 1. The van der Waals surface area contributed by atoms with Crippen molar-refractivity contribution < 1.29 is 19.4 Å². The monoisotopic (exact) mass is 272 g/mol. The van der Waals surface area contributed by atoms with Crippen molar-refractivity contribution in [1.29, 1.82) is 0 Å². The number of piperidine rings is 1. The first-order chi connectivity index (χ1) is 8.78. The first kappa shape index (κ1) is 15.8. The fraction of sp³-hybridized carbons (Fsp3) is 0.846. The van der Waals surface area contributed by atoms with Crippen LogP contribution < -0.4 is 10.6 Å². The van der Waals surface area contributed by atoms with Crippen molar-refractivity contribution in [1.82, 2.24) is 10.6 Å². The van der Waals surface area contributed by atoms with Crippen LogP contribution in [-0.4, -0.2) is 41.9 Å². The molecule has 6 nitrogen and oxygen atoms in total. The zero-order valence-electron chi connectivity index (χ0n) is 11.9. The highest BCUT2D eigenvalue weighted by atomic mass is 16.6. The standard InChI is InChI=1S/C13H24N2O4/c1-13(2,3)19-12(18)15-10(11(16)17)7-9-5-4-6-14-8-9/h9-10,14H,4-8H2,1-3H3,(H,15,18)(H,16,17)/t9-,10?/m1/s1. The van der Waals surface area contributed by atoms with Crippen molar-refractivity contribution in [2.75, 3.05) is 13.1 Å². The topological polar surface area (TPSA) is 87.7 Å². The van der Waals surface area contributed by atoms with Gasteiger partial charge >= 0.3 is 12.1 Å². The lowest BCUT2D eigenvalue weighted by Gasteiger charge is -2.27. The van der Waals surface area contributed by atoms with Crippen LogP contribution in [0.2, 0.25) is 0 Å². The summed E-state index contributed by atoms with van der Waals surface area (Å²) in [6, 6.07) is -0.889. The Morgan fingerprint density at radius 1 is 1.47 bits per heavy atom. The smallest absolute Gasteiger partial charge is 0.408 e. The molecule has 1 rings (SSSR count). The predicted molar refractivity (Wildman–Crippen MR) is 71.0 cm³/mol. The summed E-state index contributed by atoms with van der Waals surface area (Å²) in [6.07, 6.45) is 1.79. The SMILES string of the molecule is CC(C)(C)OC(=O)NC(C[C@H]1CCCNC1)C(=O)O. The normalized spacial score (nSPS) is 21.5. The van der Waals surface area contributed by atoms with Crippen LogP contribution in [0, 0.1) is 5.92 Å². The summed E-state index contributed by atoms with van der Waals surface area (Å²) in [7, 11) is 0. The van der Waals surface area contributed by atoms with Crippen molar-refractivity contribution in [3.63, 3.8) is 0 Å². The van der Waals surface area contributed by atoms with Gasteiger partial charge in [-0.05, 0) is 59.0 Å². The number of hydrogen-bond donors (Lipinski definition) is 3. The first-order valence-corrected chi connectivity index (χ1v) is 6.71. The molecule has 0 bridgehead atoms. The van der Waals surface area contributed by atoms with Crippen LogP contribution in [0.15, 0.2) is 0 Å². The Labute approximate surface area is 113 Å². The van der Waals surface area contributed by atoms with Gasteiger partial charge in [0.15, 0.2) is 0 Å². The lowest BCUT2D eigenvalue weighted by Crippen LogP contribution is -2.45. The second kappa shape index (κ2) is 6.75. The summed E-state index contributed by atoms with van der Waals surface area (Å²) in [5.41, 5.74) is -0.625. The zero-order valence-corrected chi connectivity index (χ0v) is 11.9. The zero-order chi connectivity index (χ0) is 14.5. The molecule has 0 radical (unpaired) electrons. The number of alkyl carbamates (subject to hydrolysis) is 1. The minimum atomic E-state index is -1.02. The van der Waals surface area contributed by atoms with E-state index in [9.17, 15) is 9.59 Å². The molecule has 0 spiro atoms. The molecule has 0 saturated carbocycles. The van der Waals surface area contributed by atoms with E-state index in [1.807, 2.05) is 0 Å². The van der Waals surface area contributed by atoms with Crippen LogP contribution in [0.3, 0.4) is 0 Å². The second-order valence-electron chi connectivity index (χ2n) is 5.99. The van der Waals surface area contributed by atoms with Gasteiger partial charge < -0.3 is 20.5 Å². The van der Waals surface area contributed by atoms with Gasteiger partial charge in [0, 0.05) is 0 Å². The average molecular weight is 272 g/mol. The molecule has 1 aliphatic heterocycles. The molecule has 0 aliphatic carbocycles. The summed E-state index contributed by atoms with van der Waals surface area (Å²) in [4.78, 5) is 22.8. The van der Waals surface area contributed by atoms with E-state index >= 15 is 0 Å². The second-order valence-corrected chi connectivity index (χ2v) is 5.99. The van der Waals surface area contributed by atoms with Crippen LogP contribution in [0.5, 0.6) is 0 Å². The van der Waals surface area contributed by atoms with E-state index in [2.05, 4.69) is 10.6 Å². The molecule has 1 amide bonds. The largest absolute Gasteiger partial charge is 0.480 e. The molecule has 0 aromatic carbocycles. The maximum absolute atomic E-state index is 11.6. The average Bonchev–Trinajstić information content (AvgIpc) is 2.26. The number of carbonyl (C=O) groups excluding carboxylic acids is 1. The highest BCUT2D eigenvalue weighted by Gasteiger charge is 2.27. The fourth-order valence-corrected chi connectivity index (χ4v) is 2.13. The van der Waals surface area contributed by atoms with E-state index in [4.69, 9.17) is 9.84 Å². The quantitative estimate of drug-likeness (QED) is 0.719. The minimum absolute atomic E-state index is 0.282. The van der Waals surface area contributed by atoms with Gasteiger partial charge in [0.05, 0.1) is 0 Å². The number of carboxylic acid groups (broad SMARTS) is 1. The third-order valence-electron chi connectivity index (χ3n) is 2.96. The van der Waals surface area contributed by atoms with E-state index < -0.39 is 23.7 Å². The van der Waals surface area contributed by atoms with Gasteiger partial charge in [-0.25, -0.2) is 9.59 Å². The van der Waals surface area contributed by atoms with E-state index in [1.54, 1.807) is 20.8 Å². The summed E-state index contributed by atoms with van der Waals surface area (Å²) in [5.74, 6) is -0.735. The third kappa shape index (κ3) is 6.42. The summed E-state index contributed by atoms with van der Waals surface area (Å²) < 4.78 is 5.08. The molecule has 0 aromatic heterocycles. The number of carbonyl (C=O) groups is 2. The number of rotatable bonds is 4. The Kier molecular flexibility index (Phi) is 5.60. The van der Waals surface area contributed by atoms with E-state index in [1.165, 1.54) is 0 Å². The van der Waals surface area contributed by atoms with Crippen LogP contribution in [0.4, 0.5) is 4.79 Å². The molecule has 1 unspecified atom stereocenters. The lowest BCUT2D eigenvalue weighted by atomic mass is 9.92.